The van der Waals surface area contributed by atoms with Crippen LogP contribution in [0.4, 0.5) is 0 Å². The standard InChI is InChI=1S/C18H38O4/c1-17(2,3)9-12-20-14-16-21-15-13-19-10-7-8-11-22-18(4,5)6/h7-16H2,1-6H3. The van der Waals surface area contributed by atoms with Crippen molar-refractivity contribution in [3.63, 3.8) is 0 Å². The highest BCUT2D eigenvalue weighted by Crippen LogP contribution is 2.17. The van der Waals surface area contributed by atoms with E-state index < -0.39 is 0 Å². The second-order valence-corrected chi connectivity index (χ2v) is 7.82. The van der Waals surface area contributed by atoms with Crippen molar-refractivity contribution in [1.29, 1.82) is 0 Å². The molecular weight excluding hydrogens is 280 g/mol. The second-order valence-electron chi connectivity index (χ2n) is 7.82. The van der Waals surface area contributed by atoms with Gasteiger partial charge in [-0.2, -0.15) is 0 Å². The Labute approximate surface area is 137 Å². The second kappa shape index (κ2) is 12.3. The highest BCUT2D eigenvalue weighted by Gasteiger charge is 2.09. The fourth-order valence-electron chi connectivity index (χ4n) is 1.60. The third kappa shape index (κ3) is 19.8. The van der Waals surface area contributed by atoms with Gasteiger partial charge in [-0.25, -0.2) is 0 Å². The normalized spacial score (nSPS) is 12.8. The first-order chi connectivity index (χ1) is 10.2. The van der Waals surface area contributed by atoms with E-state index in [4.69, 9.17) is 18.9 Å². The molecule has 0 aromatic heterocycles. The van der Waals surface area contributed by atoms with Crippen molar-refractivity contribution in [2.75, 3.05) is 46.2 Å². The Morgan fingerprint density at radius 1 is 0.545 bits per heavy atom. The smallest absolute Gasteiger partial charge is 0.0701 e. The molecule has 0 saturated heterocycles. The molecule has 0 heterocycles. The molecule has 0 aromatic carbocycles. The Hall–Kier alpha value is -0.160. The van der Waals surface area contributed by atoms with Crippen LogP contribution in [0.5, 0.6) is 0 Å². The van der Waals surface area contributed by atoms with Crippen LogP contribution in [-0.4, -0.2) is 51.8 Å². The van der Waals surface area contributed by atoms with Gasteiger partial charge in [0.1, 0.15) is 0 Å². The molecule has 0 unspecified atom stereocenters. The maximum Gasteiger partial charge on any atom is 0.0701 e. The molecule has 0 radical (unpaired) electrons. The summed E-state index contributed by atoms with van der Waals surface area (Å²) in [6, 6.07) is 0. The van der Waals surface area contributed by atoms with Crippen LogP contribution >= 0.6 is 0 Å². The van der Waals surface area contributed by atoms with Crippen molar-refractivity contribution < 1.29 is 18.9 Å². The van der Waals surface area contributed by atoms with Gasteiger partial charge in [-0.05, 0) is 45.4 Å². The number of hydrogen-bond donors (Lipinski definition) is 0. The van der Waals surface area contributed by atoms with E-state index in [-0.39, 0.29) is 5.60 Å². The third-order valence-corrected chi connectivity index (χ3v) is 2.96. The van der Waals surface area contributed by atoms with Crippen LogP contribution in [-0.2, 0) is 18.9 Å². The molecule has 4 heteroatoms. The largest absolute Gasteiger partial charge is 0.379 e. The maximum absolute atomic E-state index is 5.65. The van der Waals surface area contributed by atoms with E-state index >= 15 is 0 Å². The maximum atomic E-state index is 5.65. The van der Waals surface area contributed by atoms with E-state index in [2.05, 4.69) is 41.5 Å². The van der Waals surface area contributed by atoms with Crippen LogP contribution in [0.15, 0.2) is 0 Å². The van der Waals surface area contributed by atoms with Gasteiger partial charge in [0.15, 0.2) is 0 Å². The summed E-state index contributed by atoms with van der Waals surface area (Å²) >= 11 is 0. The van der Waals surface area contributed by atoms with Crippen LogP contribution in [0.2, 0.25) is 0 Å². The summed E-state index contributed by atoms with van der Waals surface area (Å²) in [6.07, 6.45) is 3.15. The number of rotatable bonds is 13. The molecule has 134 valence electrons. The minimum absolute atomic E-state index is 0.0380. The average Bonchev–Trinajstić information content (AvgIpc) is 2.36. The zero-order valence-electron chi connectivity index (χ0n) is 15.7. The molecule has 4 nitrogen and oxygen atoms in total. The Morgan fingerprint density at radius 3 is 1.50 bits per heavy atom. The molecule has 0 bridgehead atoms. The lowest BCUT2D eigenvalue weighted by atomic mass is 9.93. The summed E-state index contributed by atoms with van der Waals surface area (Å²) < 4.78 is 22.2. The molecule has 0 amide bonds. The van der Waals surface area contributed by atoms with E-state index in [1.807, 2.05) is 0 Å². The Bertz CT molecular complexity index is 214. The van der Waals surface area contributed by atoms with Gasteiger partial charge in [0.25, 0.3) is 0 Å². The fourth-order valence-corrected chi connectivity index (χ4v) is 1.60. The molecule has 0 saturated carbocycles. The van der Waals surface area contributed by atoms with Gasteiger partial charge in [0.2, 0.25) is 0 Å². The van der Waals surface area contributed by atoms with E-state index in [1.54, 1.807) is 0 Å². The molecule has 0 aliphatic heterocycles. The minimum atomic E-state index is -0.0380. The van der Waals surface area contributed by atoms with Crippen molar-refractivity contribution >= 4 is 0 Å². The Balaban J connectivity index is 3.09. The first-order valence-electron chi connectivity index (χ1n) is 8.58. The molecule has 0 fully saturated rings. The number of unbranched alkanes of at least 4 members (excludes halogenated alkanes) is 1. The zero-order chi connectivity index (χ0) is 16.9. The van der Waals surface area contributed by atoms with Gasteiger partial charge in [-0.15, -0.1) is 0 Å². The van der Waals surface area contributed by atoms with E-state index in [1.165, 1.54) is 0 Å². The zero-order valence-corrected chi connectivity index (χ0v) is 15.7. The highest BCUT2D eigenvalue weighted by molar-refractivity contribution is 4.60. The Morgan fingerprint density at radius 2 is 1.00 bits per heavy atom. The lowest BCUT2D eigenvalue weighted by Gasteiger charge is -2.19. The van der Waals surface area contributed by atoms with Crippen molar-refractivity contribution in [3.05, 3.63) is 0 Å². The molecule has 0 N–H and O–H groups in total. The first kappa shape index (κ1) is 21.8. The first-order valence-corrected chi connectivity index (χ1v) is 8.58. The molecular formula is C18H38O4. The van der Waals surface area contributed by atoms with Gasteiger partial charge in [-0.3, -0.25) is 0 Å². The van der Waals surface area contributed by atoms with Gasteiger partial charge >= 0.3 is 0 Å². The topological polar surface area (TPSA) is 36.9 Å². The highest BCUT2D eigenvalue weighted by atomic mass is 16.5. The van der Waals surface area contributed by atoms with Crippen LogP contribution in [0, 0.1) is 5.41 Å². The summed E-state index contributed by atoms with van der Waals surface area (Å²) in [5.74, 6) is 0. The fraction of sp³-hybridized carbons (Fsp3) is 1.00. The molecule has 0 spiro atoms. The SMILES string of the molecule is CC(C)(C)CCOCCOCCOCCCCOC(C)(C)C. The van der Waals surface area contributed by atoms with Crippen LogP contribution < -0.4 is 0 Å². The summed E-state index contributed by atoms with van der Waals surface area (Å²) in [7, 11) is 0. The average molecular weight is 318 g/mol. The molecule has 0 atom stereocenters. The molecule has 0 aliphatic rings. The van der Waals surface area contributed by atoms with Crippen LogP contribution in [0.25, 0.3) is 0 Å². The molecule has 0 rings (SSSR count). The van der Waals surface area contributed by atoms with Gasteiger partial charge < -0.3 is 18.9 Å². The van der Waals surface area contributed by atoms with Gasteiger partial charge in [0.05, 0.1) is 32.0 Å². The van der Waals surface area contributed by atoms with Crippen molar-refractivity contribution in [1.82, 2.24) is 0 Å². The summed E-state index contributed by atoms with van der Waals surface area (Å²) in [4.78, 5) is 0. The molecule has 22 heavy (non-hydrogen) atoms. The van der Waals surface area contributed by atoms with E-state index in [9.17, 15) is 0 Å². The van der Waals surface area contributed by atoms with Crippen LogP contribution in [0.1, 0.15) is 60.8 Å². The number of ether oxygens (including phenoxy) is 4. The van der Waals surface area contributed by atoms with Gasteiger partial charge in [0, 0.05) is 19.8 Å². The summed E-state index contributed by atoms with van der Waals surface area (Å²) in [6.45, 7) is 17.9. The summed E-state index contributed by atoms with van der Waals surface area (Å²) in [5, 5.41) is 0. The van der Waals surface area contributed by atoms with Crippen molar-refractivity contribution in [2.24, 2.45) is 5.41 Å². The number of hydrogen-bond acceptors (Lipinski definition) is 4. The molecule has 0 aromatic rings. The van der Waals surface area contributed by atoms with Gasteiger partial charge in [-0.1, -0.05) is 20.8 Å². The quantitative estimate of drug-likeness (QED) is 0.480. The Kier molecular flexibility index (Phi) is 12.2. The lowest BCUT2D eigenvalue weighted by molar-refractivity contribution is -0.0109. The minimum Gasteiger partial charge on any atom is -0.379 e. The molecule has 0 aliphatic carbocycles. The predicted octanol–water partition coefficient (Wildman–Crippen LogP) is 4.07. The summed E-state index contributed by atoms with van der Waals surface area (Å²) in [5.41, 5.74) is 0.302. The van der Waals surface area contributed by atoms with E-state index in [0.29, 0.717) is 31.8 Å². The van der Waals surface area contributed by atoms with Crippen LogP contribution in [0.3, 0.4) is 0 Å². The predicted molar refractivity (Wildman–Crippen MR) is 91.5 cm³/mol. The van der Waals surface area contributed by atoms with Crippen molar-refractivity contribution in [2.45, 2.75) is 66.4 Å². The third-order valence-electron chi connectivity index (χ3n) is 2.96. The van der Waals surface area contributed by atoms with Crippen molar-refractivity contribution in [3.8, 4) is 0 Å². The van der Waals surface area contributed by atoms with E-state index in [0.717, 1.165) is 39.1 Å². The lowest BCUT2D eigenvalue weighted by Crippen LogP contribution is -2.19. The monoisotopic (exact) mass is 318 g/mol.